The molecule has 1 amide bonds. The number of alkyl carbamates (subject to hydrolysis) is 1. The van der Waals surface area contributed by atoms with E-state index in [0.717, 1.165) is 11.6 Å². The van der Waals surface area contributed by atoms with Crippen LogP contribution in [0.4, 0.5) is 18.0 Å². The second kappa shape index (κ2) is 13.3. The Morgan fingerprint density at radius 3 is 2.32 bits per heavy atom. The van der Waals surface area contributed by atoms with Crippen molar-refractivity contribution in [2.24, 2.45) is 0 Å². The van der Waals surface area contributed by atoms with Gasteiger partial charge in [0.2, 0.25) is 11.2 Å². The van der Waals surface area contributed by atoms with E-state index in [1.54, 1.807) is 30.3 Å². The van der Waals surface area contributed by atoms with Crippen LogP contribution in [0.1, 0.15) is 17.7 Å². The van der Waals surface area contributed by atoms with Crippen LogP contribution in [0, 0.1) is 0 Å². The molecule has 0 spiro atoms. The van der Waals surface area contributed by atoms with E-state index in [-0.39, 0.29) is 29.9 Å². The molecule has 41 heavy (non-hydrogen) atoms. The van der Waals surface area contributed by atoms with Gasteiger partial charge in [0.15, 0.2) is 0 Å². The van der Waals surface area contributed by atoms with Crippen LogP contribution < -0.4 is 20.2 Å². The first kappa shape index (κ1) is 29.5. The van der Waals surface area contributed by atoms with Crippen molar-refractivity contribution in [3.05, 3.63) is 100 Å². The predicted molar refractivity (Wildman–Crippen MR) is 146 cm³/mol. The summed E-state index contributed by atoms with van der Waals surface area (Å²) in [5.41, 5.74) is -0.774. The minimum absolute atomic E-state index is 0.0151. The Kier molecular flexibility index (Phi) is 9.56. The summed E-state index contributed by atoms with van der Waals surface area (Å²) < 4.78 is 62.3. The van der Waals surface area contributed by atoms with E-state index in [4.69, 9.17) is 18.6 Å². The van der Waals surface area contributed by atoms with Gasteiger partial charge in [-0.2, -0.15) is 24.9 Å². The van der Waals surface area contributed by atoms with E-state index in [1.807, 2.05) is 12.3 Å². The zero-order valence-corrected chi connectivity index (χ0v) is 22.4. The Bertz CT molecular complexity index is 1560. The number of hydrogen-bond acceptors (Lipinski definition) is 8. The smallest absolute Gasteiger partial charge is 0.449 e. The first-order chi connectivity index (χ1) is 19.7. The molecule has 0 aliphatic heterocycles. The number of esters is 1. The highest BCUT2D eigenvalue weighted by molar-refractivity contribution is 7.98. The highest BCUT2D eigenvalue weighted by Crippen LogP contribution is 2.38. The van der Waals surface area contributed by atoms with Gasteiger partial charge in [0, 0.05) is 6.07 Å². The minimum Gasteiger partial charge on any atom is -0.449 e. The normalized spacial score (nSPS) is 12.0. The standard InChI is InChI=1S/C29H24F3NO7S/c1-41-15-14-22(33-28(36)37-17-18-8-4-2-5-9-18)27(35)39-20-12-13-21-23(16-20)40-26(29(30,31)32)25(24(21)34)38-19-10-6-3-7-11-19/h2-13,16,22H,14-15,17H2,1H3,(H,33,36)/t22-/m0/s1. The Labute approximate surface area is 236 Å². The number of carbonyl (C=O) groups is 2. The number of rotatable bonds is 10. The third-order valence-corrected chi connectivity index (χ3v) is 6.31. The number of hydrogen-bond donors (Lipinski definition) is 1. The van der Waals surface area contributed by atoms with Crippen LogP contribution in [0.2, 0.25) is 0 Å². The third kappa shape index (κ3) is 7.82. The van der Waals surface area contributed by atoms with E-state index in [1.165, 1.54) is 48.2 Å². The molecule has 0 aliphatic carbocycles. The van der Waals surface area contributed by atoms with Crippen LogP contribution in [0.5, 0.6) is 17.2 Å². The van der Waals surface area contributed by atoms with Gasteiger partial charge in [-0.15, -0.1) is 0 Å². The van der Waals surface area contributed by atoms with Gasteiger partial charge in [0.1, 0.15) is 29.7 Å². The van der Waals surface area contributed by atoms with Crippen LogP contribution in [-0.2, 0) is 22.3 Å². The maximum absolute atomic E-state index is 13.8. The number of para-hydroxylation sites is 1. The van der Waals surface area contributed by atoms with E-state index in [9.17, 15) is 27.6 Å². The van der Waals surface area contributed by atoms with Crippen molar-refractivity contribution in [2.75, 3.05) is 12.0 Å². The van der Waals surface area contributed by atoms with E-state index < -0.39 is 46.8 Å². The van der Waals surface area contributed by atoms with E-state index in [2.05, 4.69) is 5.32 Å². The van der Waals surface area contributed by atoms with Crippen molar-refractivity contribution < 1.29 is 41.4 Å². The second-order valence-corrected chi connectivity index (χ2v) is 9.61. The lowest BCUT2D eigenvalue weighted by Gasteiger charge is -2.17. The number of nitrogens with one attached hydrogen (secondary N) is 1. The Hall–Kier alpha value is -4.45. The number of alkyl halides is 3. The summed E-state index contributed by atoms with van der Waals surface area (Å²) >= 11 is 1.43. The molecule has 0 aliphatic rings. The molecule has 0 saturated carbocycles. The summed E-state index contributed by atoms with van der Waals surface area (Å²) in [6.45, 7) is -0.0157. The number of amides is 1. The quantitative estimate of drug-likeness (QED) is 0.164. The van der Waals surface area contributed by atoms with Gasteiger partial charge in [0.25, 0.3) is 5.76 Å². The van der Waals surface area contributed by atoms with Crippen molar-refractivity contribution in [1.29, 1.82) is 0 Å². The van der Waals surface area contributed by atoms with Crippen LogP contribution in [0.25, 0.3) is 11.0 Å². The van der Waals surface area contributed by atoms with Crippen LogP contribution >= 0.6 is 11.8 Å². The Morgan fingerprint density at radius 1 is 0.976 bits per heavy atom. The number of benzene rings is 3. The third-order valence-electron chi connectivity index (χ3n) is 5.66. The summed E-state index contributed by atoms with van der Waals surface area (Å²) in [4.78, 5) is 38.2. The molecule has 1 N–H and O–H groups in total. The molecule has 1 atom stereocenters. The van der Waals surface area contributed by atoms with Gasteiger partial charge < -0.3 is 23.9 Å². The highest BCUT2D eigenvalue weighted by atomic mass is 32.2. The largest absolute Gasteiger partial charge is 0.453 e. The fourth-order valence-electron chi connectivity index (χ4n) is 3.68. The fraction of sp³-hybridized carbons (Fsp3) is 0.207. The molecule has 3 aromatic carbocycles. The molecule has 12 heteroatoms. The lowest BCUT2D eigenvalue weighted by atomic mass is 10.2. The second-order valence-electron chi connectivity index (χ2n) is 8.62. The highest BCUT2D eigenvalue weighted by Gasteiger charge is 2.40. The number of carbonyl (C=O) groups excluding carboxylic acids is 2. The molecule has 0 radical (unpaired) electrons. The van der Waals surface area contributed by atoms with Crippen LogP contribution in [0.15, 0.2) is 88.1 Å². The zero-order chi connectivity index (χ0) is 29.4. The summed E-state index contributed by atoms with van der Waals surface area (Å²) in [6, 6.07) is 18.7. The molecule has 0 fully saturated rings. The maximum atomic E-state index is 13.8. The molecule has 1 heterocycles. The fourth-order valence-corrected chi connectivity index (χ4v) is 4.16. The van der Waals surface area contributed by atoms with Crippen LogP contribution in [-0.4, -0.2) is 30.1 Å². The van der Waals surface area contributed by atoms with Crippen molar-refractivity contribution in [3.63, 3.8) is 0 Å². The lowest BCUT2D eigenvalue weighted by molar-refractivity contribution is -0.154. The van der Waals surface area contributed by atoms with Crippen molar-refractivity contribution >= 4 is 34.8 Å². The topological polar surface area (TPSA) is 104 Å². The minimum atomic E-state index is -5.06. The Morgan fingerprint density at radius 2 is 1.66 bits per heavy atom. The molecule has 0 saturated heterocycles. The predicted octanol–water partition coefficient (Wildman–Crippen LogP) is 6.56. The number of fused-ring (bicyclic) bond motifs is 1. The van der Waals surface area contributed by atoms with Gasteiger partial charge in [-0.3, -0.25) is 4.79 Å². The van der Waals surface area contributed by atoms with Crippen molar-refractivity contribution in [1.82, 2.24) is 5.32 Å². The SMILES string of the molecule is CSCC[C@H](NC(=O)OCc1ccccc1)C(=O)Oc1ccc2c(=O)c(Oc3ccccc3)c(C(F)(F)F)oc2c1. The number of thioether (sulfide) groups is 1. The number of halogens is 3. The van der Waals surface area contributed by atoms with Gasteiger partial charge in [-0.25, -0.2) is 9.59 Å². The Balaban J connectivity index is 1.55. The molecule has 1 aromatic heterocycles. The van der Waals surface area contributed by atoms with E-state index in [0.29, 0.717) is 5.75 Å². The van der Waals surface area contributed by atoms with Gasteiger partial charge in [0.05, 0.1) is 5.39 Å². The zero-order valence-electron chi connectivity index (χ0n) is 21.6. The monoisotopic (exact) mass is 587 g/mol. The molecule has 214 valence electrons. The van der Waals surface area contributed by atoms with Gasteiger partial charge >= 0.3 is 18.2 Å². The van der Waals surface area contributed by atoms with E-state index >= 15 is 0 Å². The summed E-state index contributed by atoms with van der Waals surface area (Å²) in [5, 5.41) is 2.24. The van der Waals surface area contributed by atoms with Crippen molar-refractivity contribution in [2.45, 2.75) is 25.2 Å². The van der Waals surface area contributed by atoms with Crippen LogP contribution in [0.3, 0.4) is 0 Å². The van der Waals surface area contributed by atoms with Gasteiger partial charge in [-0.05, 0) is 48.3 Å². The first-order valence-corrected chi connectivity index (χ1v) is 13.6. The maximum Gasteiger partial charge on any atom is 0.453 e. The molecule has 0 bridgehead atoms. The summed E-state index contributed by atoms with van der Waals surface area (Å²) in [7, 11) is 0. The molecule has 4 rings (SSSR count). The summed E-state index contributed by atoms with van der Waals surface area (Å²) in [6.07, 6.45) is -3.89. The molecule has 4 aromatic rings. The first-order valence-electron chi connectivity index (χ1n) is 12.2. The molecular weight excluding hydrogens is 563 g/mol. The number of ether oxygens (including phenoxy) is 3. The molecule has 8 nitrogen and oxygen atoms in total. The van der Waals surface area contributed by atoms with Gasteiger partial charge in [-0.1, -0.05) is 48.5 Å². The average Bonchev–Trinajstić information content (AvgIpc) is 2.96. The average molecular weight is 588 g/mol. The lowest BCUT2D eigenvalue weighted by Crippen LogP contribution is -2.43. The van der Waals surface area contributed by atoms with Crippen molar-refractivity contribution in [3.8, 4) is 17.2 Å². The molecular formula is C29H24F3NO7S. The summed E-state index contributed by atoms with van der Waals surface area (Å²) in [5.74, 6) is -3.22. The molecule has 0 unspecified atom stereocenters.